The Hall–Kier alpha value is -1.67. The van der Waals surface area contributed by atoms with E-state index in [1.807, 2.05) is 0 Å². The van der Waals surface area contributed by atoms with E-state index in [0.29, 0.717) is 10.9 Å². The van der Waals surface area contributed by atoms with Crippen LogP contribution in [0.25, 0.3) is 4.96 Å². The minimum absolute atomic E-state index is 0.0396. The third-order valence-electron chi connectivity index (χ3n) is 4.33. The maximum Gasteiger partial charge on any atom is 0.372 e. The fourth-order valence-corrected chi connectivity index (χ4v) is 3.63. The summed E-state index contributed by atoms with van der Waals surface area (Å²) in [5, 5.41) is 26.0. The van der Waals surface area contributed by atoms with Crippen LogP contribution in [0.1, 0.15) is 32.6 Å². The van der Waals surface area contributed by atoms with E-state index in [9.17, 15) is 15.2 Å². The fourth-order valence-electron chi connectivity index (χ4n) is 2.92. The minimum Gasteiger partial charge on any atom is -0.394 e. The smallest absolute Gasteiger partial charge is 0.372 e. The molecule has 0 amide bonds. The molecule has 7 nitrogen and oxygen atoms in total. The van der Waals surface area contributed by atoms with Gasteiger partial charge in [0.15, 0.2) is 0 Å². The van der Waals surface area contributed by atoms with Crippen molar-refractivity contribution in [1.82, 2.24) is 9.38 Å². The number of nitro groups is 1. The Morgan fingerprint density at radius 2 is 2.33 bits per heavy atom. The number of imidazole rings is 1. The number of thiazole rings is 1. The van der Waals surface area contributed by atoms with Crippen molar-refractivity contribution < 1.29 is 10.0 Å². The van der Waals surface area contributed by atoms with Crippen molar-refractivity contribution in [3.05, 3.63) is 21.7 Å². The highest BCUT2D eigenvalue weighted by atomic mass is 32.1. The lowest BCUT2D eigenvalue weighted by Crippen LogP contribution is -2.45. The highest BCUT2D eigenvalue weighted by Gasteiger charge is 2.37. The molecule has 0 spiro atoms. The second-order valence-electron chi connectivity index (χ2n) is 5.84. The molecule has 0 bridgehead atoms. The summed E-state index contributed by atoms with van der Waals surface area (Å²) in [4.78, 5) is 15.8. The van der Waals surface area contributed by atoms with Gasteiger partial charge in [0, 0.05) is 5.38 Å². The highest BCUT2D eigenvalue weighted by molar-refractivity contribution is 7.15. The van der Waals surface area contributed by atoms with Gasteiger partial charge in [-0.2, -0.15) is 9.38 Å². The van der Waals surface area contributed by atoms with Crippen molar-refractivity contribution >= 4 is 27.9 Å². The Morgan fingerprint density at radius 1 is 1.62 bits per heavy atom. The Morgan fingerprint density at radius 3 is 2.95 bits per heavy atom. The van der Waals surface area contributed by atoms with Crippen molar-refractivity contribution in [2.45, 2.75) is 38.1 Å². The van der Waals surface area contributed by atoms with E-state index >= 15 is 0 Å². The fraction of sp³-hybridized carbons (Fsp3) is 0.615. The van der Waals surface area contributed by atoms with E-state index in [-0.39, 0.29) is 18.2 Å². The standard InChI is InChI=1S/C13H18N4O3S/c1-9-2-4-13(8-18,5-3-9)15-10-11(17(19)20)16-6-7-21-12(16)14-10/h6-7,9,15,18H,2-5,8H2,1H3. The largest absolute Gasteiger partial charge is 0.394 e. The quantitative estimate of drug-likeness (QED) is 0.669. The molecule has 1 aliphatic carbocycles. The summed E-state index contributed by atoms with van der Waals surface area (Å²) in [6.07, 6.45) is 5.25. The van der Waals surface area contributed by atoms with Gasteiger partial charge in [0.25, 0.3) is 4.96 Å². The van der Waals surface area contributed by atoms with Gasteiger partial charge in [0.05, 0.1) is 12.1 Å². The van der Waals surface area contributed by atoms with Crippen LogP contribution in [0.4, 0.5) is 11.6 Å². The molecule has 1 aliphatic rings. The molecule has 1 fully saturated rings. The normalized spacial score (nSPS) is 26.1. The van der Waals surface area contributed by atoms with Crippen LogP contribution in [0.5, 0.6) is 0 Å². The molecule has 0 aromatic carbocycles. The summed E-state index contributed by atoms with van der Waals surface area (Å²) >= 11 is 1.35. The van der Waals surface area contributed by atoms with Crippen LogP contribution in [0.3, 0.4) is 0 Å². The first kappa shape index (κ1) is 14.3. The first-order chi connectivity index (χ1) is 10.0. The number of hydrogen-bond acceptors (Lipinski definition) is 6. The Bertz CT molecular complexity index is 657. The molecule has 8 heteroatoms. The molecule has 2 N–H and O–H groups in total. The first-order valence-corrected chi connectivity index (χ1v) is 7.91. The number of aromatic nitrogens is 2. The van der Waals surface area contributed by atoms with Crippen LogP contribution in [0.15, 0.2) is 11.6 Å². The summed E-state index contributed by atoms with van der Waals surface area (Å²) in [5.74, 6) is 0.833. The van der Waals surface area contributed by atoms with Gasteiger partial charge in [0.1, 0.15) is 6.20 Å². The zero-order valence-electron chi connectivity index (χ0n) is 11.8. The summed E-state index contributed by atoms with van der Waals surface area (Å²) in [6.45, 7) is 2.15. The summed E-state index contributed by atoms with van der Waals surface area (Å²) < 4.78 is 1.48. The van der Waals surface area contributed by atoms with E-state index in [0.717, 1.165) is 25.7 Å². The monoisotopic (exact) mass is 310 g/mol. The zero-order valence-corrected chi connectivity index (χ0v) is 12.6. The average molecular weight is 310 g/mol. The Kier molecular flexibility index (Phi) is 3.58. The van der Waals surface area contributed by atoms with Crippen LogP contribution in [-0.2, 0) is 0 Å². The number of hydrogen-bond donors (Lipinski definition) is 2. The summed E-state index contributed by atoms with van der Waals surface area (Å²) in [5.41, 5.74) is -0.499. The molecule has 0 atom stereocenters. The molecule has 2 aromatic heterocycles. The van der Waals surface area contributed by atoms with Gasteiger partial charge in [-0.25, -0.2) is 0 Å². The lowest BCUT2D eigenvalue weighted by Gasteiger charge is -2.38. The maximum atomic E-state index is 11.3. The van der Waals surface area contributed by atoms with Crippen LogP contribution in [-0.4, -0.2) is 31.6 Å². The SMILES string of the molecule is CC1CCC(CO)(Nc2nc3sccn3c2[N+](=O)[O-])CC1. The van der Waals surface area contributed by atoms with Crippen molar-refractivity contribution in [2.75, 3.05) is 11.9 Å². The van der Waals surface area contributed by atoms with Crippen LogP contribution >= 0.6 is 11.3 Å². The van der Waals surface area contributed by atoms with Gasteiger partial charge >= 0.3 is 5.82 Å². The highest BCUT2D eigenvalue weighted by Crippen LogP contribution is 2.37. The zero-order chi connectivity index (χ0) is 15.0. The van der Waals surface area contributed by atoms with Crippen molar-refractivity contribution in [2.24, 2.45) is 5.92 Å². The predicted octanol–water partition coefficient (Wildman–Crippen LogP) is 2.66. The lowest BCUT2D eigenvalue weighted by molar-refractivity contribution is -0.389. The molecule has 3 rings (SSSR count). The first-order valence-electron chi connectivity index (χ1n) is 7.04. The second-order valence-corrected chi connectivity index (χ2v) is 6.72. The molecule has 0 unspecified atom stereocenters. The number of aliphatic hydroxyl groups excluding tert-OH is 1. The predicted molar refractivity (Wildman–Crippen MR) is 80.8 cm³/mol. The van der Waals surface area contributed by atoms with Gasteiger partial charge in [-0.05, 0) is 36.5 Å². The van der Waals surface area contributed by atoms with Crippen LogP contribution < -0.4 is 5.32 Å². The number of aliphatic hydroxyl groups is 1. The van der Waals surface area contributed by atoms with Gasteiger partial charge in [-0.1, -0.05) is 18.3 Å². The van der Waals surface area contributed by atoms with E-state index in [1.165, 1.54) is 15.7 Å². The third-order valence-corrected chi connectivity index (χ3v) is 5.08. The number of anilines is 1. The van der Waals surface area contributed by atoms with E-state index in [2.05, 4.69) is 17.2 Å². The van der Waals surface area contributed by atoms with Crippen molar-refractivity contribution in [1.29, 1.82) is 0 Å². The molecule has 0 radical (unpaired) electrons. The topological polar surface area (TPSA) is 92.7 Å². The van der Waals surface area contributed by atoms with E-state index < -0.39 is 10.5 Å². The molecule has 2 heterocycles. The molecule has 114 valence electrons. The van der Waals surface area contributed by atoms with Gasteiger partial charge in [-0.3, -0.25) is 0 Å². The van der Waals surface area contributed by atoms with Crippen molar-refractivity contribution in [3.8, 4) is 0 Å². The van der Waals surface area contributed by atoms with Gasteiger partial charge < -0.3 is 20.5 Å². The number of nitrogens with one attached hydrogen (secondary N) is 1. The average Bonchev–Trinajstić information content (AvgIpc) is 3.01. The van der Waals surface area contributed by atoms with Crippen molar-refractivity contribution in [3.63, 3.8) is 0 Å². The van der Waals surface area contributed by atoms with Crippen LogP contribution in [0.2, 0.25) is 0 Å². The van der Waals surface area contributed by atoms with Gasteiger partial charge in [-0.15, -0.1) is 0 Å². The Labute approximate surface area is 125 Å². The van der Waals surface area contributed by atoms with E-state index in [1.54, 1.807) is 11.6 Å². The second kappa shape index (κ2) is 5.27. The number of fused-ring (bicyclic) bond motifs is 1. The number of nitrogens with zero attached hydrogens (tertiary/aromatic N) is 3. The molecule has 2 aromatic rings. The molecule has 1 saturated carbocycles. The minimum atomic E-state index is -0.499. The molecule has 21 heavy (non-hydrogen) atoms. The number of rotatable bonds is 4. The van der Waals surface area contributed by atoms with Gasteiger partial charge in [0.2, 0.25) is 5.82 Å². The summed E-state index contributed by atoms with van der Waals surface area (Å²) in [7, 11) is 0. The summed E-state index contributed by atoms with van der Waals surface area (Å²) in [6, 6.07) is 0. The van der Waals surface area contributed by atoms with E-state index in [4.69, 9.17) is 0 Å². The Balaban J connectivity index is 1.94. The molecule has 0 aliphatic heterocycles. The lowest BCUT2D eigenvalue weighted by atomic mass is 9.77. The molecular formula is C13H18N4O3S. The molecule has 0 saturated heterocycles. The third kappa shape index (κ3) is 2.49. The molecular weight excluding hydrogens is 292 g/mol. The van der Waals surface area contributed by atoms with Crippen LogP contribution in [0, 0.1) is 16.0 Å². The maximum absolute atomic E-state index is 11.3.